The van der Waals surface area contributed by atoms with Crippen molar-refractivity contribution in [2.45, 2.75) is 39.7 Å². The summed E-state index contributed by atoms with van der Waals surface area (Å²) in [6, 6.07) is 12.9. The fraction of sp³-hybridized carbons (Fsp3) is 0.273. The van der Waals surface area contributed by atoms with Crippen LogP contribution in [0.5, 0.6) is 0 Å². The van der Waals surface area contributed by atoms with Crippen LogP contribution in [-0.4, -0.2) is 26.6 Å². The molecule has 0 saturated carbocycles. The van der Waals surface area contributed by atoms with Gasteiger partial charge in [-0.3, -0.25) is 9.59 Å². The third kappa shape index (κ3) is 5.51. The van der Waals surface area contributed by atoms with Crippen molar-refractivity contribution < 1.29 is 9.59 Å². The highest BCUT2D eigenvalue weighted by Gasteiger charge is 2.15. The van der Waals surface area contributed by atoms with Gasteiger partial charge in [0.25, 0.3) is 0 Å². The molecule has 0 saturated heterocycles. The van der Waals surface area contributed by atoms with Gasteiger partial charge >= 0.3 is 0 Å². The number of nitrogens with one attached hydrogen (secondary N) is 2. The number of carbonyl (C=O) groups is 2. The van der Waals surface area contributed by atoms with Gasteiger partial charge in [0.05, 0.1) is 0 Å². The highest BCUT2D eigenvalue weighted by molar-refractivity contribution is 5.94. The molecule has 1 heterocycles. The Labute approximate surface area is 170 Å². The van der Waals surface area contributed by atoms with Gasteiger partial charge in [-0.1, -0.05) is 23.8 Å². The summed E-state index contributed by atoms with van der Waals surface area (Å²) < 4.78 is 1.49. The van der Waals surface area contributed by atoms with Crippen LogP contribution in [0.1, 0.15) is 36.1 Å². The summed E-state index contributed by atoms with van der Waals surface area (Å²) >= 11 is 0. The molecule has 2 amide bonds. The van der Waals surface area contributed by atoms with Gasteiger partial charge < -0.3 is 10.6 Å². The zero-order valence-corrected chi connectivity index (χ0v) is 16.8. The van der Waals surface area contributed by atoms with Crippen molar-refractivity contribution in [2.24, 2.45) is 0 Å². The Morgan fingerprint density at radius 2 is 1.72 bits per heavy atom. The lowest BCUT2D eigenvalue weighted by atomic mass is 10.0. The summed E-state index contributed by atoms with van der Waals surface area (Å²) in [7, 11) is 0. The van der Waals surface area contributed by atoms with E-state index in [2.05, 4.69) is 52.8 Å². The Bertz CT molecular complexity index is 981. The highest BCUT2D eigenvalue weighted by atomic mass is 16.2. The molecule has 0 aliphatic heterocycles. The molecular formula is C22H25N5O2. The summed E-state index contributed by atoms with van der Waals surface area (Å²) in [5, 5.41) is 9.69. The van der Waals surface area contributed by atoms with Gasteiger partial charge in [0.15, 0.2) is 0 Å². The standard InChI is InChI=1S/C22H25N5O2/c1-15-4-5-18(16(2)12-15)6-11-21(28)25-19-7-9-20(10-8-19)26-22(29)17(3)27-14-23-13-24-27/h4-5,7-10,12-14,17H,6,11H2,1-3H3,(H,25,28)(H,26,29). The lowest BCUT2D eigenvalue weighted by molar-refractivity contribution is -0.119. The monoisotopic (exact) mass is 391 g/mol. The van der Waals surface area contributed by atoms with Gasteiger partial charge in [0.1, 0.15) is 18.7 Å². The molecule has 0 bridgehead atoms. The van der Waals surface area contributed by atoms with E-state index in [4.69, 9.17) is 0 Å². The molecule has 0 spiro atoms. The first-order chi connectivity index (χ1) is 13.9. The number of benzene rings is 2. The zero-order chi connectivity index (χ0) is 20.8. The van der Waals surface area contributed by atoms with E-state index in [1.807, 2.05) is 0 Å². The third-order valence-corrected chi connectivity index (χ3v) is 4.77. The molecular weight excluding hydrogens is 366 g/mol. The first-order valence-corrected chi connectivity index (χ1v) is 9.53. The molecule has 0 aliphatic carbocycles. The van der Waals surface area contributed by atoms with E-state index in [1.165, 1.54) is 34.0 Å². The van der Waals surface area contributed by atoms with Crippen LogP contribution in [-0.2, 0) is 16.0 Å². The number of hydrogen-bond acceptors (Lipinski definition) is 4. The van der Waals surface area contributed by atoms with Gasteiger partial charge in [0.2, 0.25) is 11.8 Å². The van der Waals surface area contributed by atoms with Gasteiger partial charge in [0, 0.05) is 17.8 Å². The van der Waals surface area contributed by atoms with Crippen LogP contribution in [0.15, 0.2) is 55.1 Å². The van der Waals surface area contributed by atoms with Gasteiger partial charge in [-0.05, 0) is 62.6 Å². The minimum atomic E-state index is -0.470. The van der Waals surface area contributed by atoms with Crippen molar-refractivity contribution >= 4 is 23.2 Å². The van der Waals surface area contributed by atoms with E-state index in [0.717, 1.165) is 0 Å². The first kappa shape index (κ1) is 20.3. The van der Waals surface area contributed by atoms with Crippen LogP contribution >= 0.6 is 0 Å². The van der Waals surface area contributed by atoms with E-state index in [-0.39, 0.29) is 11.8 Å². The van der Waals surface area contributed by atoms with E-state index in [0.29, 0.717) is 24.2 Å². The smallest absolute Gasteiger partial charge is 0.249 e. The maximum atomic E-state index is 12.3. The van der Waals surface area contributed by atoms with E-state index >= 15 is 0 Å². The van der Waals surface area contributed by atoms with E-state index in [1.54, 1.807) is 31.2 Å². The molecule has 0 radical (unpaired) electrons. The molecule has 150 valence electrons. The normalized spacial score (nSPS) is 11.7. The quantitative estimate of drug-likeness (QED) is 0.643. The molecule has 3 aromatic rings. The van der Waals surface area contributed by atoms with Crippen molar-refractivity contribution in [1.82, 2.24) is 14.8 Å². The van der Waals surface area contributed by atoms with Crippen molar-refractivity contribution in [3.05, 3.63) is 71.8 Å². The molecule has 2 N–H and O–H groups in total. The number of anilines is 2. The largest absolute Gasteiger partial charge is 0.326 e. The number of nitrogens with zero attached hydrogens (tertiary/aromatic N) is 3. The zero-order valence-electron chi connectivity index (χ0n) is 16.8. The molecule has 7 heteroatoms. The maximum Gasteiger partial charge on any atom is 0.249 e. The third-order valence-electron chi connectivity index (χ3n) is 4.77. The fourth-order valence-corrected chi connectivity index (χ4v) is 3.02. The number of rotatable bonds is 7. The molecule has 1 aromatic heterocycles. The summed E-state index contributed by atoms with van der Waals surface area (Å²) in [5.74, 6) is -0.234. The number of hydrogen-bond donors (Lipinski definition) is 2. The van der Waals surface area contributed by atoms with Gasteiger partial charge in [-0.25, -0.2) is 9.67 Å². The Morgan fingerprint density at radius 1 is 1.03 bits per heavy atom. The number of amides is 2. The summed E-state index contributed by atoms with van der Waals surface area (Å²) in [6.07, 6.45) is 4.01. The number of aromatic nitrogens is 3. The minimum absolute atomic E-state index is 0.0402. The van der Waals surface area contributed by atoms with Crippen LogP contribution in [0.3, 0.4) is 0 Å². The van der Waals surface area contributed by atoms with Crippen LogP contribution < -0.4 is 10.6 Å². The molecule has 7 nitrogen and oxygen atoms in total. The highest BCUT2D eigenvalue weighted by Crippen LogP contribution is 2.17. The van der Waals surface area contributed by atoms with E-state index < -0.39 is 6.04 Å². The van der Waals surface area contributed by atoms with Crippen molar-refractivity contribution in [2.75, 3.05) is 10.6 Å². The maximum absolute atomic E-state index is 12.3. The fourth-order valence-electron chi connectivity index (χ4n) is 3.02. The predicted molar refractivity (Wildman–Crippen MR) is 113 cm³/mol. The van der Waals surface area contributed by atoms with Gasteiger partial charge in [-0.15, -0.1) is 0 Å². The average molecular weight is 391 g/mol. The predicted octanol–water partition coefficient (Wildman–Crippen LogP) is 3.67. The molecule has 1 unspecified atom stereocenters. The molecule has 29 heavy (non-hydrogen) atoms. The SMILES string of the molecule is Cc1ccc(CCC(=O)Nc2ccc(NC(=O)C(C)n3cncn3)cc2)c(C)c1. The first-order valence-electron chi connectivity index (χ1n) is 9.53. The Hall–Kier alpha value is -3.48. The second-order valence-electron chi connectivity index (χ2n) is 7.10. The second kappa shape index (κ2) is 9.14. The molecule has 2 aromatic carbocycles. The van der Waals surface area contributed by atoms with E-state index in [9.17, 15) is 9.59 Å². The Balaban J connectivity index is 1.50. The van der Waals surface area contributed by atoms with Crippen LogP contribution in [0, 0.1) is 13.8 Å². The van der Waals surface area contributed by atoms with Crippen LogP contribution in [0.2, 0.25) is 0 Å². The topological polar surface area (TPSA) is 88.9 Å². The van der Waals surface area contributed by atoms with Crippen molar-refractivity contribution in [3.63, 3.8) is 0 Å². The molecule has 0 aliphatic rings. The average Bonchev–Trinajstić information content (AvgIpc) is 3.23. The Morgan fingerprint density at radius 3 is 2.34 bits per heavy atom. The molecule has 3 rings (SSSR count). The summed E-state index contributed by atoms with van der Waals surface area (Å²) in [5.41, 5.74) is 4.95. The molecule has 1 atom stereocenters. The summed E-state index contributed by atoms with van der Waals surface area (Å²) in [6.45, 7) is 5.87. The number of carbonyl (C=O) groups excluding carboxylic acids is 2. The lowest BCUT2D eigenvalue weighted by Gasteiger charge is -2.12. The lowest BCUT2D eigenvalue weighted by Crippen LogP contribution is -2.24. The van der Waals surface area contributed by atoms with Crippen LogP contribution in [0.4, 0.5) is 11.4 Å². The van der Waals surface area contributed by atoms with Crippen LogP contribution in [0.25, 0.3) is 0 Å². The van der Waals surface area contributed by atoms with Crippen molar-refractivity contribution in [3.8, 4) is 0 Å². The number of aryl methyl sites for hydroxylation is 3. The second-order valence-corrected chi connectivity index (χ2v) is 7.10. The van der Waals surface area contributed by atoms with Crippen molar-refractivity contribution in [1.29, 1.82) is 0 Å². The Kier molecular flexibility index (Phi) is 6.39. The van der Waals surface area contributed by atoms with Gasteiger partial charge in [-0.2, -0.15) is 5.10 Å². The molecule has 0 fully saturated rings. The summed E-state index contributed by atoms with van der Waals surface area (Å²) in [4.78, 5) is 28.4. The minimum Gasteiger partial charge on any atom is -0.326 e.